The van der Waals surface area contributed by atoms with E-state index in [-0.39, 0.29) is 98.8 Å². The van der Waals surface area contributed by atoms with Crippen molar-refractivity contribution in [2.75, 3.05) is 0 Å². The summed E-state index contributed by atoms with van der Waals surface area (Å²) in [5.41, 5.74) is 0. The van der Waals surface area contributed by atoms with Crippen LogP contribution in [0.3, 0.4) is 0 Å². The van der Waals surface area contributed by atoms with Crippen LogP contribution < -0.4 is 0 Å². The minimum Gasteiger partial charge on any atom is -0.368 e. The summed E-state index contributed by atoms with van der Waals surface area (Å²) in [6, 6.07) is 0. The Balaban J connectivity index is -0.0000000800. The molecule has 0 atom stereocenters. The summed E-state index contributed by atoms with van der Waals surface area (Å²) >= 11 is 0. The van der Waals surface area contributed by atoms with Gasteiger partial charge in [-0.3, -0.25) is 0 Å². The Bertz CT molecular complexity index is 25.2. The first-order valence-electron chi connectivity index (χ1n) is 0.894. The topological polar surface area (TPSA) is 80.9 Å². The molecule has 0 bridgehead atoms. The van der Waals surface area contributed by atoms with Crippen LogP contribution in [0.25, 0.3) is 0 Å². The van der Waals surface area contributed by atoms with Crippen LogP contribution in [0.1, 0.15) is 0 Å². The zero-order valence-electron chi connectivity index (χ0n) is 3.04. The summed E-state index contributed by atoms with van der Waals surface area (Å²) in [7, 11) is -4.61. The maximum atomic E-state index is 7.33. The molecule has 7 heteroatoms. The maximum absolute atomic E-state index is 7.33. The number of hydrogen-bond acceptors (Lipinski definition) is 4. The fourth-order valence-electron chi connectivity index (χ4n) is 0. The second-order valence-corrected chi connectivity index (χ2v) is 1.80. The molecule has 0 heterocycles. The minimum atomic E-state index is -4.61. The first-order chi connectivity index (χ1) is 2.00. The summed E-state index contributed by atoms with van der Waals surface area (Å²) in [5.74, 6) is 0. The predicted octanol–water partition coefficient (Wildman–Crippen LogP) is -2.61. The average molecular weight is 400 g/mol. The van der Waals surface area contributed by atoms with Crippen molar-refractivity contribution in [3.63, 3.8) is 0 Å². The molecule has 0 saturated heterocycles. The van der Waals surface area contributed by atoms with E-state index < -0.39 is 9.05 Å². The summed E-state index contributed by atoms with van der Waals surface area (Å²) in [6.45, 7) is 0. The molecule has 4 nitrogen and oxygen atoms in total. The smallest absolute Gasteiger partial charge is 0.368 e. The van der Waals surface area contributed by atoms with Gasteiger partial charge < -0.3 is 19.2 Å². The summed E-state index contributed by atoms with van der Waals surface area (Å²) in [6.07, 6.45) is 0. The molecule has 4 N–H and O–H groups in total. The average Bonchev–Trinajstić information content (AvgIpc) is 0.722. The Morgan fingerprint density at radius 2 is 0.714 bits per heavy atom. The van der Waals surface area contributed by atoms with Gasteiger partial charge >= 0.3 is 9.05 Å². The van der Waals surface area contributed by atoms with Gasteiger partial charge in [-0.25, -0.2) is 0 Å². The molecule has 0 aromatic carbocycles. The second kappa shape index (κ2) is 7.33. The van der Waals surface area contributed by atoms with E-state index in [1.165, 1.54) is 0 Å². The SMILES string of the molecule is O[Si](O)(O)O.[Eu].[Eu]. The summed E-state index contributed by atoms with van der Waals surface area (Å²) < 4.78 is 0. The number of hydrogen-bond donors (Lipinski definition) is 4. The van der Waals surface area contributed by atoms with Gasteiger partial charge in [0.05, 0.1) is 0 Å². The zero-order valence-corrected chi connectivity index (χ0v) is 8.89. The van der Waals surface area contributed by atoms with Crippen molar-refractivity contribution < 1.29 is 118 Å². The van der Waals surface area contributed by atoms with E-state index in [9.17, 15) is 0 Å². The van der Waals surface area contributed by atoms with Crippen molar-refractivity contribution in [2.45, 2.75) is 0 Å². The van der Waals surface area contributed by atoms with Crippen molar-refractivity contribution in [1.29, 1.82) is 0 Å². The molecule has 46 valence electrons. The molecule has 0 aromatic rings. The van der Waals surface area contributed by atoms with Gasteiger partial charge in [0, 0.05) is 98.8 Å². The summed E-state index contributed by atoms with van der Waals surface area (Å²) in [5, 5.41) is 0. The Morgan fingerprint density at radius 1 is 0.714 bits per heavy atom. The molecule has 0 rings (SSSR count). The minimum absolute atomic E-state index is 0. The van der Waals surface area contributed by atoms with Gasteiger partial charge in [0.15, 0.2) is 0 Å². The molecule has 0 fully saturated rings. The van der Waals surface area contributed by atoms with Gasteiger partial charge in [-0.1, -0.05) is 0 Å². The normalized spacial score (nSPS) is 8.57. The van der Waals surface area contributed by atoms with Crippen LogP contribution in [0.4, 0.5) is 0 Å². The third-order valence-corrected chi connectivity index (χ3v) is 0. The molecule has 0 unspecified atom stereocenters. The van der Waals surface area contributed by atoms with Crippen LogP contribution in [0.2, 0.25) is 0 Å². The second-order valence-electron chi connectivity index (χ2n) is 0.600. The van der Waals surface area contributed by atoms with Gasteiger partial charge in [0.1, 0.15) is 0 Å². The molecule has 0 spiro atoms. The van der Waals surface area contributed by atoms with Crippen LogP contribution in [0, 0.1) is 98.8 Å². The van der Waals surface area contributed by atoms with Crippen LogP contribution in [0.5, 0.6) is 0 Å². The standard InChI is InChI=1S/2Eu.H4O4Si/c;;1-5(2,3)4/h;;1-4H. The Morgan fingerprint density at radius 3 is 0.714 bits per heavy atom. The first-order valence-corrected chi connectivity index (χ1v) is 2.68. The third kappa shape index (κ3) is 46.3. The maximum Gasteiger partial charge on any atom is 0.668 e. The van der Waals surface area contributed by atoms with Crippen molar-refractivity contribution in [1.82, 2.24) is 0 Å². The summed E-state index contributed by atoms with van der Waals surface area (Å²) in [4.78, 5) is 29.3. The fraction of sp³-hybridized carbons (Fsp3) is 0. The van der Waals surface area contributed by atoms with Gasteiger partial charge in [0.2, 0.25) is 0 Å². The fourth-order valence-corrected chi connectivity index (χ4v) is 0. The van der Waals surface area contributed by atoms with Crippen molar-refractivity contribution in [3.8, 4) is 0 Å². The van der Waals surface area contributed by atoms with Crippen LogP contribution in [-0.2, 0) is 0 Å². The molecule has 0 amide bonds. The Labute approximate surface area is 124 Å². The third-order valence-electron chi connectivity index (χ3n) is 0. The van der Waals surface area contributed by atoms with E-state index in [1.54, 1.807) is 0 Å². The van der Waals surface area contributed by atoms with E-state index in [2.05, 4.69) is 0 Å². The quantitative estimate of drug-likeness (QED) is 0.336. The molecule has 0 aliphatic heterocycles. The molecule has 0 aliphatic rings. The van der Waals surface area contributed by atoms with Crippen LogP contribution >= 0.6 is 0 Å². The Kier molecular flexibility index (Phi) is 17.5. The number of rotatable bonds is 0. The van der Waals surface area contributed by atoms with E-state index >= 15 is 0 Å². The van der Waals surface area contributed by atoms with E-state index in [4.69, 9.17) is 19.2 Å². The predicted molar refractivity (Wildman–Crippen MR) is 14.6 cm³/mol. The first kappa shape index (κ1) is 16.7. The van der Waals surface area contributed by atoms with Crippen molar-refractivity contribution >= 4 is 9.05 Å². The molecular formula is H4Eu2O4Si. The van der Waals surface area contributed by atoms with Gasteiger partial charge in [0.25, 0.3) is 0 Å². The monoisotopic (exact) mass is 402 g/mol. The van der Waals surface area contributed by atoms with Crippen LogP contribution in [0.15, 0.2) is 0 Å². The largest absolute Gasteiger partial charge is 0.668 e. The molecule has 0 aromatic heterocycles. The molecule has 0 saturated carbocycles. The van der Waals surface area contributed by atoms with Gasteiger partial charge in [-0.15, -0.1) is 0 Å². The Hall–Kier alpha value is 3.23. The van der Waals surface area contributed by atoms with Gasteiger partial charge in [-0.2, -0.15) is 0 Å². The van der Waals surface area contributed by atoms with Crippen molar-refractivity contribution in [3.05, 3.63) is 0 Å². The molecule has 7 heavy (non-hydrogen) atoms. The van der Waals surface area contributed by atoms with Gasteiger partial charge in [-0.05, 0) is 0 Å². The molecular weight excluding hydrogens is 396 g/mol. The molecule has 2 radical (unpaired) electrons. The van der Waals surface area contributed by atoms with E-state index in [0.29, 0.717) is 0 Å². The van der Waals surface area contributed by atoms with Crippen LogP contribution in [-0.4, -0.2) is 28.2 Å². The van der Waals surface area contributed by atoms with E-state index in [0.717, 1.165) is 0 Å². The molecule has 0 aliphatic carbocycles. The zero-order chi connectivity index (χ0) is 4.50. The van der Waals surface area contributed by atoms with E-state index in [1.807, 2.05) is 0 Å². The van der Waals surface area contributed by atoms with Crippen molar-refractivity contribution in [2.24, 2.45) is 0 Å².